The predicted octanol–water partition coefficient (Wildman–Crippen LogP) is 1.34. The van der Waals surface area contributed by atoms with E-state index in [-0.39, 0.29) is 13.1 Å². The van der Waals surface area contributed by atoms with Crippen LogP contribution in [0.5, 0.6) is 0 Å². The highest BCUT2D eigenvalue weighted by Gasteiger charge is 2.32. The topological polar surface area (TPSA) is 46.6 Å². The van der Waals surface area contributed by atoms with Crippen LogP contribution in [0.4, 0.5) is 0 Å². The summed E-state index contributed by atoms with van der Waals surface area (Å²) in [6.07, 6.45) is 5.91. The molecular weight excluding hydrogens is 206 g/mol. The molecule has 1 aliphatic heterocycles. The summed E-state index contributed by atoms with van der Waals surface area (Å²) in [5.41, 5.74) is 0. The Kier molecular flexibility index (Phi) is 3.59. The Hall–Kier alpha value is -0.900. The number of hydrogen-bond donors (Lipinski definition) is 0. The van der Waals surface area contributed by atoms with Gasteiger partial charge >= 0.3 is 11.9 Å². The lowest BCUT2D eigenvalue weighted by atomic mass is 9.84. The van der Waals surface area contributed by atoms with Gasteiger partial charge in [-0.1, -0.05) is 13.3 Å². The first-order valence-corrected chi connectivity index (χ1v) is 6.16. The van der Waals surface area contributed by atoms with E-state index in [4.69, 9.17) is 0 Å². The molecule has 0 spiro atoms. The van der Waals surface area contributed by atoms with Gasteiger partial charge in [0.05, 0.1) is 13.1 Å². The number of hydrogen-bond acceptors (Lipinski definition) is 4. The van der Waals surface area contributed by atoms with Gasteiger partial charge in [0.15, 0.2) is 0 Å². The average molecular weight is 225 g/mol. The molecule has 2 aliphatic rings. The van der Waals surface area contributed by atoms with E-state index >= 15 is 0 Å². The molecule has 16 heavy (non-hydrogen) atoms. The Bertz CT molecular complexity index is 266. The fraction of sp³-hybridized carbons (Fsp3) is 0.833. The zero-order chi connectivity index (χ0) is 11.5. The van der Waals surface area contributed by atoms with E-state index < -0.39 is 11.9 Å². The van der Waals surface area contributed by atoms with Gasteiger partial charge in [0.1, 0.15) is 0 Å². The maximum atomic E-state index is 11.2. The highest BCUT2D eigenvalue weighted by atomic mass is 16.6. The van der Waals surface area contributed by atoms with Crippen molar-refractivity contribution < 1.29 is 14.3 Å². The number of carbonyl (C=O) groups excluding carboxylic acids is 2. The Morgan fingerprint density at radius 2 is 1.69 bits per heavy atom. The summed E-state index contributed by atoms with van der Waals surface area (Å²) in [4.78, 5) is 24.3. The van der Waals surface area contributed by atoms with Crippen LogP contribution in [-0.2, 0) is 14.3 Å². The zero-order valence-corrected chi connectivity index (χ0v) is 9.78. The number of esters is 2. The third kappa shape index (κ3) is 2.61. The van der Waals surface area contributed by atoms with Gasteiger partial charge in [0, 0.05) is 6.04 Å². The fourth-order valence-corrected chi connectivity index (χ4v) is 2.76. The van der Waals surface area contributed by atoms with Gasteiger partial charge in [-0.25, -0.2) is 0 Å². The average Bonchev–Trinajstić information content (AvgIpc) is 2.28. The highest BCUT2D eigenvalue weighted by Crippen LogP contribution is 2.29. The largest absolute Gasteiger partial charge is 0.391 e. The molecule has 0 N–H and O–H groups in total. The second kappa shape index (κ2) is 4.95. The van der Waals surface area contributed by atoms with Crippen molar-refractivity contribution in [2.75, 3.05) is 13.1 Å². The standard InChI is InChI=1S/C12H19NO3/c1-2-9-3-5-10(6-4-9)13-7-11(14)16-12(15)8-13/h9-10H,2-8H2,1H3. The molecule has 0 unspecified atom stereocenters. The van der Waals surface area contributed by atoms with Gasteiger partial charge in [-0.15, -0.1) is 0 Å². The Balaban J connectivity index is 1.88. The number of cyclic esters (lactones) is 2. The summed E-state index contributed by atoms with van der Waals surface area (Å²) in [5.74, 6) is 0.0476. The van der Waals surface area contributed by atoms with Crippen LogP contribution in [0.1, 0.15) is 39.0 Å². The molecule has 1 heterocycles. The number of nitrogens with zero attached hydrogens (tertiary/aromatic N) is 1. The van der Waals surface area contributed by atoms with Gasteiger partial charge in [-0.3, -0.25) is 14.5 Å². The summed E-state index contributed by atoms with van der Waals surface area (Å²) in [7, 11) is 0. The summed E-state index contributed by atoms with van der Waals surface area (Å²) >= 11 is 0. The normalized spacial score (nSPS) is 32.6. The molecule has 2 fully saturated rings. The second-order valence-electron chi connectivity index (χ2n) is 4.83. The van der Waals surface area contributed by atoms with E-state index in [1.165, 1.54) is 19.3 Å². The molecule has 0 aromatic heterocycles. The molecule has 0 radical (unpaired) electrons. The van der Waals surface area contributed by atoms with Crippen LogP contribution >= 0.6 is 0 Å². The molecule has 1 saturated carbocycles. The van der Waals surface area contributed by atoms with Crippen LogP contribution in [0, 0.1) is 5.92 Å². The third-order valence-electron chi connectivity index (χ3n) is 3.80. The molecule has 1 saturated heterocycles. The molecule has 0 aromatic rings. The van der Waals surface area contributed by atoms with Gasteiger partial charge in [-0.2, -0.15) is 0 Å². The minimum Gasteiger partial charge on any atom is -0.391 e. The molecule has 4 nitrogen and oxygen atoms in total. The number of ether oxygens (including phenoxy) is 1. The summed E-state index contributed by atoms with van der Waals surface area (Å²) in [5, 5.41) is 0. The van der Waals surface area contributed by atoms with Crippen molar-refractivity contribution in [1.29, 1.82) is 0 Å². The minimum atomic E-state index is -0.395. The lowest BCUT2D eigenvalue weighted by molar-refractivity contribution is -0.168. The van der Waals surface area contributed by atoms with Crippen LogP contribution in [0.15, 0.2) is 0 Å². The number of carbonyl (C=O) groups is 2. The summed E-state index contributed by atoms with van der Waals surface area (Å²) in [6, 6.07) is 0.402. The number of rotatable bonds is 2. The van der Waals surface area contributed by atoms with E-state index in [0.29, 0.717) is 6.04 Å². The lowest BCUT2D eigenvalue weighted by Crippen LogP contribution is -2.49. The quantitative estimate of drug-likeness (QED) is 0.525. The molecule has 0 aromatic carbocycles. The van der Waals surface area contributed by atoms with Gasteiger partial charge in [0.2, 0.25) is 0 Å². The molecule has 0 atom stereocenters. The van der Waals surface area contributed by atoms with Gasteiger partial charge < -0.3 is 4.74 Å². The minimum absolute atomic E-state index is 0.285. The molecule has 2 rings (SSSR count). The second-order valence-corrected chi connectivity index (χ2v) is 4.83. The monoisotopic (exact) mass is 225 g/mol. The zero-order valence-electron chi connectivity index (χ0n) is 9.78. The SMILES string of the molecule is CCC1CCC(N2CC(=O)OC(=O)C2)CC1. The van der Waals surface area contributed by atoms with Crippen molar-refractivity contribution in [1.82, 2.24) is 4.90 Å². The highest BCUT2D eigenvalue weighted by molar-refractivity contribution is 5.90. The Morgan fingerprint density at radius 3 is 2.19 bits per heavy atom. The predicted molar refractivity (Wildman–Crippen MR) is 58.7 cm³/mol. The summed E-state index contributed by atoms with van der Waals surface area (Å²) < 4.78 is 4.53. The number of morpholine rings is 1. The van der Waals surface area contributed by atoms with Crippen molar-refractivity contribution >= 4 is 11.9 Å². The fourth-order valence-electron chi connectivity index (χ4n) is 2.76. The molecule has 0 amide bonds. The van der Waals surface area contributed by atoms with Crippen molar-refractivity contribution in [3.8, 4) is 0 Å². The maximum Gasteiger partial charge on any atom is 0.327 e. The van der Waals surface area contributed by atoms with Crippen LogP contribution in [0.3, 0.4) is 0 Å². The van der Waals surface area contributed by atoms with E-state index in [0.717, 1.165) is 18.8 Å². The van der Waals surface area contributed by atoms with Crippen LogP contribution in [0.2, 0.25) is 0 Å². The van der Waals surface area contributed by atoms with Crippen molar-refractivity contribution in [3.05, 3.63) is 0 Å². The third-order valence-corrected chi connectivity index (χ3v) is 3.80. The molecular formula is C12H19NO3. The lowest BCUT2D eigenvalue weighted by Gasteiger charge is -2.37. The Labute approximate surface area is 95.9 Å². The summed E-state index contributed by atoms with van der Waals surface area (Å²) in [6.45, 7) is 2.80. The van der Waals surface area contributed by atoms with E-state index in [9.17, 15) is 9.59 Å². The van der Waals surface area contributed by atoms with E-state index in [1.807, 2.05) is 4.90 Å². The Morgan fingerprint density at radius 1 is 1.12 bits per heavy atom. The van der Waals surface area contributed by atoms with E-state index in [2.05, 4.69) is 11.7 Å². The molecule has 90 valence electrons. The maximum absolute atomic E-state index is 11.2. The molecule has 4 heteroatoms. The van der Waals surface area contributed by atoms with Crippen LogP contribution < -0.4 is 0 Å². The first kappa shape index (κ1) is 11.6. The van der Waals surface area contributed by atoms with Gasteiger partial charge in [-0.05, 0) is 31.6 Å². The van der Waals surface area contributed by atoms with Crippen molar-refractivity contribution in [3.63, 3.8) is 0 Å². The van der Waals surface area contributed by atoms with Crippen molar-refractivity contribution in [2.24, 2.45) is 5.92 Å². The molecule has 1 aliphatic carbocycles. The van der Waals surface area contributed by atoms with E-state index in [1.54, 1.807) is 0 Å². The van der Waals surface area contributed by atoms with Crippen molar-refractivity contribution in [2.45, 2.75) is 45.1 Å². The molecule has 0 bridgehead atoms. The first-order chi connectivity index (χ1) is 7.69. The van der Waals surface area contributed by atoms with Crippen LogP contribution in [-0.4, -0.2) is 36.0 Å². The smallest absolute Gasteiger partial charge is 0.327 e. The van der Waals surface area contributed by atoms with Crippen LogP contribution in [0.25, 0.3) is 0 Å². The van der Waals surface area contributed by atoms with Gasteiger partial charge in [0.25, 0.3) is 0 Å². The first-order valence-electron chi connectivity index (χ1n) is 6.16.